The quantitative estimate of drug-likeness (QED) is 0.180. The van der Waals surface area contributed by atoms with Crippen LogP contribution in [0.25, 0.3) is 0 Å². The molecule has 39 heavy (non-hydrogen) atoms. The average molecular weight is 545 g/mol. The average Bonchev–Trinajstić information content (AvgIpc) is 3.29. The number of ether oxygens (including phenoxy) is 2. The lowest BCUT2D eigenvalue weighted by Gasteiger charge is -2.61. The molecule has 0 heterocycles. The highest BCUT2D eigenvalue weighted by molar-refractivity contribution is 5.09. The van der Waals surface area contributed by atoms with Crippen molar-refractivity contribution in [1.29, 1.82) is 0 Å². The summed E-state index contributed by atoms with van der Waals surface area (Å²) in [5.41, 5.74) is 1.20. The van der Waals surface area contributed by atoms with Gasteiger partial charge in [-0.05, 0) is 129 Å². The molecule has 0 aromatic carbocycles. The molecular formula is C37H68O2. The summed E-state index contributed by atoms with van der Waals surface area (Å²) < 4.78 is 12.8. The number of fused-ring (bicyclic) bond motifs is 5. The summed E-state index contributed by atoms with van der Waals surface area (Å²) in [6.45, 7) is 17.9. The number of unbranched alkanes of at least 4 members (excludes halogenated alkanes) is 4. The molecule has 4 aliphatic carbocycles. The van der Waals surface area contributed by atoms with E-state index in [1.165, 1.54) is 109 Å². The Morgan fingerprint density at radius 2 is 1.46 bits per heavy atom. The third-order valence-electron chi connectivity index (χ3n) is 13.2. The van der Waals surface area contributed by atoms with Crippen molar-refractivity contribution in [1.82, 2.24) is 0 Å². The van der Waals surface area contributed by atoms with Crippen LogP contribution in [0.15, 0.2) is 0 Å². The van der Waals surface area contributed by atoms with Crippen molar-refractivity contribution in [3.05, 3.63) is 0 Å². The van der Waals surface area contributed by atoms with Crippen molar-refractivity contribution in [3.63, 3.8) is 0 Å². The van der Waals surface area contributed by atoms with Crippen LogP contribution in [0.3, 0.4) is 0 Å². The summed E-state index contributed by atoms with van der Waals surface area (Å²) in [6, 6.07) is 0. The predicted molar refractivity (Wildman–Crippen MR) is 167 cm³/mol. The molecule has 228 valence electrons. The Bertz CT molecular complexity index is 706. The molecule has 2 heteroatoms. The Morgan fingerprint density at radius 3 is 2.23 bits per heavy atom. The van der Waals surface area contributed by atoms with Gasteiger partial charge in [0.1, 0.15) is 0 Å². The van der Waals surface area contributed by atoms with Crippen molar-refractivity contribution in [2.75, 3.05) is 19.8 Å². The number of hydrogen-bond acceptors (Lipinski definition) is 2. The molecule has 3 unspecified atom stereocenters. The van der Waals surface area contributed by atoms with E-state index in [0.29, 0.717) is 28.8 Å². The summed E-state index contributed by atoms with van der Waals surface area (Å²) in [5.74, 6) is 6.19. The van der Waals surface area contributed by atoms with Crippen LogP contribution < -0.4 is 0 Å². The first-order valence-corrected chi connectivity index (χ1v) is 18.0. The molecule has 0 amide bonds. The standard InChI is InChI=1S/C37H68O2/c1-7-9-13-25-38-27-28(3)16-21-35(39-26-14-10-8-2)29(4)32-19-20-33-31-18-17-30-15-11-12-23-36(30,5)34(31)22-24-37(32,33)6/h28-35H,7-27H2,1-6H3/t28?,29-,30?,31-,32+,33-,34-,35?,36-,37+/m0/s1. The first kappa shape index (κ1) is 31.8. The van der Waals surface area contributed by atoms with Gasteiger partial charge >= 0.3 is 0 Å². The zero-order valence-corrected chi connectivity index (χ0v) is 27.3. The minimum absolute atomic E-state index is 0.425. The highest BCUT2D eigenvalue weighted by atomic mass is 16.5. The maximum atomic E-state index is 6.80. The molecule has 4 rings (SSSR count). The van der Waals surface area contributed by atoms with E-state index < -0.39 is 0 Å². The Hall–Kier alpha value is -0.0800. The normalized spacial score (nSPS) is 38.5. The van der Waals surface area contributed by atoms with Crippen LogP contribution in [-0.4, -0.2) is 25.9 Å². The lowest BCUT2D eigenvalue weighted by atomic mass is 9.44. The minimum atomic E-state index is 0.425. The highest BCUT2D eigenvalue weighted by Crippen LogP contribution is 2.68. The summed E-state index contributed by atoms with van der Waals surface area (Å²) in [5, 5.41) is 0. The molecule has 0 bridgehead atoms. The Balaban J connectivity index is 1.37. The summed E-state index contributed by atoms with van der Waals surface area (Å²) in [4.78, 5) is 0. The highest BCUT2D eigenvalue weighted by Gasteiger charge is 2.60. The predicted octanol–water partition coefficient (Wildman–Crippen LogP) is 10.9. The van der Waals surface area contributed by atoms with E-state index in [2.05, 4.69) is 41.5 Å². The van der Waals surface area contributed by atoms with Crippen LogP contribution in [0.1, 0.15) is 157 Å². The number of hydrogen-bond donors (Lipinski definition) is 0. The fourth-order valence-electron chi connectivity index (χ4n) is 10.8. The van der Waals surface area contributed by atoms with Crippen molar-refractivity contribution < 1.29 is 9.47 Å². The largest absolute Gasteiger partial charge is 0.381 e. The zero-order valence-electron chi connectivity index (χ0n) is 27.3. The molecule has 2 nitrogen and oxygen atoms in total. The van der Waals surface area contributed by atoms with Gasteiger partial charge in [-0.2, -0.15) is 0 Å². The van der Waals surface area contributed by atoms with E-state index in [1.807, 2.05) is 0 Å². The summed E-state index contributed by atoms with van der Waals surface area (Å²) >= 11 is 0. The van der Waals surface area contributed by atoms with Gasteiger partial charge in [0, 0.05) is 19.8 Å². The zero-order chi connectivity index (χ0) is 27.9. The summed E-state index contributed by atoms with van der Waals surface area (Å²) in [7, 11) is 0. The van der Waals surface area contributed by atoms with Crippen LogP contribution in [0, 0.1) is 52.3 Å². The van der Waals surface area contributed by atoms with Crippen LogP contribution in [0.5, 0.6) is 0 Å². The Labute approximate surface area is 244 Å². The Morgan fingerprint density at radius 1 is 0.718 bits per heavy atom. The molecule has 0 aromatic heterocycles. The van der Waals surface area contributed by atoms with Crippen molar-refractivity contribution in [3.8, 4) is 0 Å². The van der Waals surface area contributed by atoms with Gasteiger partial charge in [0.15, 0.2) is 0 Å². The third kappa shape index (κ3) is 7.29. The molecule has 0 aliphatic heterocycles. The van der Waals surface area contributed by atoms with E-state index >= 15 is 0 Å². The van der Waals surface area contributed by atoms with E-state index in [0.717, 1.165) is 49.4 Å². The van der Waals surface area contributed by atoms with Crippen molar-refractivity contribution in [2.45, 2.75) is 163 Å². The second-order valence-electron chi connectivity index (χ2n) is 15.6. The smallest absolute Gasteiger partial charge is 0.0603 e. The monoisotopic (exact) mass is 545 g/mol. The van der Waals surface area contributed by atoms with Crippen LogP contribution in [0.2, 0.25) is 0 Å². The van der Waals surface area contributed by atoms with Gasteiger partial charge in [-0.15, -0.1) is 0 Å². The maximum absolute atomic E-state index is 6.80. The van der Waals surface area contributed by atoms with Gasteiger partial charge < -0.3 is 9.47 Å². The van der Waals surface area contributed by atoms with Crippen molar-refractivity contribution in [2.24, 2.45) is 52.3 Å². The molecule has 0 saturated heterocycles. The van der Waals surface area contributed by atoms with Crippen LogP contribution >= 0.6 is 0 Å². The molecule has 10 atom stereocenters. The topological polar surface area (TPSA) is 18.5 Å². The van der Waals surface area contributed by atoms with Gasteiger partial charge in [0.25, 0.3) is 0 Å². The lowest BCUT2D eigenvalue weighted by molar-refractivity contribution is -0.121. The molecule has 4 saturated carbocycles. The molecule has 0 N–H and O–H groups in total. The number of rotatable bonds is 16. The van der Waals surface area contributed by atoms with E-state index in [9.17, 15) is 0 Å². The van der Waals surface area contributed by atoms with Gasteiger partial charge in [-0.3, -0.25) is 0 Å². The fourth-order valence-corrected chi connectivity index (χ4v) is 10.8. The molecule has 4 fully saturated rings. The molecule has 4 aliphatic rings. The van der Waals surface area contributed by atoms with E-state index in [1.54, 1.807) is 6.42 Å². The second-order valence-corrected chi connectivity index (χ2v) is 15.6. The van der Waals surface area contributed by atoms with Gasteiger partial charge in [0.05, 0.1) is 6.10 Å². The SMILES string of the molecule is CCCCCOCC(C)CCC(OCCCCC)[C@@H](C)[C@H]1CC[C@H]2[C@@H]3CCC4CCCC[C@]4(C)[C@H]3CC[C@]12C. The first-order chi connectivity index (χ1) is 18.8. The minimum Gasteiger partial charge on any atom is -0.381 e. The van der Waals surface area contributed by atoms with Gasteiger partial charge in [-0.1, -0.05) is 80.1 Å². The third-order valence-corrected chi connectivity index (χ3v) is 13.2. The first-order valence-electron chi connectivity index (χ1n) is 18.0. The molecule has 0 spiro atoms. The fraction of sp³-hybridized carbons (Fsp3) is 1.00. The molecule has 0 aromatic rings. The summed E-state index contributed by atoms with van der Waals surface area (Å²) in [6.07, 6.45) is 25.6. The van der Waals surface area contributed by atoms with Gasteiger partial charge in [-0.25, -0.2) is 0 Å². The second kappa shape index (κ2) is 14.9. The molecule has 0 radical (unpaired) electrons. The lowest BCUT2D eigenvalue weighted by Crippen LogP contribution is -2.53. The van der Waals surface area contributed by atoms with Gasteiger partial charge in [0.2, 0.25) is 0 Å². The Kier molecular flexibility index (Phi) is 12.2. The van der Waals surface area contributed by atoms with Crippen LogP contribution in [-0.2, 0) is 9.47 Å². The van der Waals surface area contributed by atoms with E-state index in [4.69, 9.17) is 9.47 Å². The van der Waals surface area contributed by atoms with E-state index in [-0.39, 0.29) is 0 Å². The van der Waals surface area contributed by atoms with Crippen LogP contribution in [0.4, 0.5) is 0 Å². The van der Waals surface area contributed by atoms with Crippen molar-refractivity contribution >= 4 is 0 Å². The molecular weight excluding hydrogens is 476 g/mol. The maximum Gasteiger partial charge on any atom is 0.0603 e.